The van der Waals surface area contributed by atoms with E-state index in [1.807, 2.05) is 25.3 Å². The fourth-order valence-corrected chi connectivity index (χ4v) is 2.48. The molecule has 0 fully saturated rings. The molecule has 0 radical (unpaired) electrons. The van der Waals surface area contributed by atoms with Crippen molar-refractivity contribution in [2.24, 2.45) is 0 Å². The van der Waals surface area contributed by atoms with Crippen LogP contribution in [0, 0.1) is 19.7 Å². The molecule has 2 aromatic heterocycles. The van der Waals surface area contributed by atoms with Crippen LogP contribution in [0.3, 0.4) is 0 Å². The molecule has 0 saturated heterocycles. The van der Waals surface area contributed by atoms with Gasteiger partial charge < -0.3 is 5.32 Å². The molecule has 0 amide bonds. The number of halogens is 1. The van der Waals surface area contributed by atoms with Crippen molar-refractivity contribution in [1.29, 1.82) is 0 Å². The molecule has 2 aromatic rings. The van der Waals surface area contributed by atoms with Gasteiger partial charge in [-0.25, -0.2) is 14.4 Å². The van der Waals surface area contributed by atoms with Gasteiger partial charge in [0, 0.05) is 6.54 Å². The average Bonchev–Trinajstić information content (AvgIpc) is 2.77. The molecule has 0 spiro atoms. The number of anilines is 1. The molecule has 5 heteroatoms. The van der Waals surface area contributed by atoms with Crippen molar-refractivity contribution < 1.29 is 4.39 Å². The summed E-state index contributed by atoms with van der Waals surface area (Å²) in [5.41, 5.74) is 1.50. The van der Waals surface area contributed by atoms with Crippen LogP contribution in [0.15, 0.2) is 11.4 Å². The Kier molecular flexibility index (Phi) is 3.91. The van der Waals surface area contributed by atoms with Crippen LogP contribution in [-0.4, -0.2) is 16.5 Å². The Hall–Kier alpha value is -1.49. The average molecular weight is 265 g/mol. The number of hydrogen-bond acceptors (Lipinski definition) is 4. The second-order valence-electron chi connectivity index (χ2n) is 4.15. The van der Waals surface area contributed by atoms with Crippen LogP contribution in [0.4, 0.5) is 10.2 Å². The van der Waals surface area contributed by atoms with Crippen LogP contribution in [0.1, 0.15) is 24.6 Å². The van der Waals surface area contributed by atoms with E-state index in [1.54, 1.807) is 18.3 Å². The number of rotatable bonds is 4. The lowest BCUT2D eigenvalue weighted by molar-refractivity contribution is 0.605. The zero-order valence-electron chi connectivity index (χ0n) is 10.7. The summed E-state index contributed by atoms with van der Waals surface area (Å²) in [7, 11) is 0. The van der Waals surface area contributed by atoms with E-state index in [4.69, 9.17) is 0 Å². The summed E-state index contributed by atoms with van der Waals surface area (Å²) in [6.45, 7) is 6.41. The van der Waals surface area contributed by atoms with E-state index in [9.17, 15) is 4.39 Å². The summed E-state index contributed by atoms with van der Waals surface area (Å²) in [4.78, 5) is 9.51. The van der Waals surface area contributed by atoms with E-state index in [2.05, 4.69) is 15.3 Å². The largest absolute Gasteiger partial charge is 0.368 e. The lowest BCUT2D eigenvalue weighted by Crippen LogP contribution is -2.08. The highest BCUT2D eigenvalue weighted by Crippen LogP contribution is 2.28. The maximum Gasteiger partial charge on any atom is 0.186 e. The lowest BCUT2D eigenvalue weighted by Gasteiger charge is -2.09. The number of aromatic nitrogens is 2. The van der Waals surface area contributed by atoms with Crippen molar-refractivity contribution in [1.82, 2.24) is 9.97 Å². The Bertz CT molecular complexity index is 551. The van der Waals surface area contributed by atoms with Crippen molar-refractivity contribution in [2.45, 2.75) is 27.2 Å². The number of nitrogens with one attached hydrogen (secondary N) is 1. The Morgan fingerprint density at radius 1 is 1.33 bits per heavy atom. The quantitative estimate of drug-likeness (QED) is 0.914. The second kappa shape index (κ2) is 5.44. The van der Waals surface area contributed by atoms with Crippen molar-refractivity contribution >= 4 is 17.2 Å². The van der Waals surface area contributed by atoms with Gasteiger partial charge in [-0.15, -0.1) is 11.3 Å². The number of nitrogens with zero attached hydrogens (tertiary/aromatic N) is 2. The highest BCUT2D eigenvalue weighted by atomic mass is 32.1. The molecule has 0 aliphatic rings. The molecule has 96 valence electrons. The molecule has 0 unspecified atom stereocenters. The molecule has 0 aliphatic carbocycles. The number of aryl methyl sites for hydroxylation is 2. The van der Waals surface area contributed by atoms with Crippen LogP contribution < -0.4 is 5.32 Å². The van der Waals surface area contributed by atoms with Crippen LogP contribution in [-0.2, 0) is 0 Å². The van der Waals surface area contributed by atoms with Crippen LogP contribution in [0.5, 0.6) is 0 Å². The Morgan fingerprint density at radius 2 is 2.11 bits per heavy atom. The SMILES string of the molecule is CCCNc1nc(-c2sccc2C)nc(C)c1F. The second-order valence-corrected chi connectivity index (χ2v) is 5.07. The van der Waals surface area contributed by atoms with Gasteiger partial charge in [-0.1, -0.05) is 6.92 Å². The van der Waals surface area contributed by atoms with Gasteiger partial charge in [0.15, 0.2) is 17.5 Å². The predicted molar refractivity (Wildman–Crippen MR) is 73.6 cm³/mol. The summed E-state index contributed by atoms with van der Waals surface area (Å²) in [6.07, 6.45) is 0.926. The van der Waals surface area contributed by atoms with Gasteiger partial charge in [-0.05, 0) is 37.3 Å². The smallest absolute Gasteiger partial charge is 0.186 e. The van der Waals surface area contributed by atoms with Crippen molar-refractivity contribution in [3.05, 3.63) is 28.5 Å². The Morgan fingerprint density at radius 3 is 2.72 bits per heavy atom. The first-order valence-electron chi connectivity index (χ1n) is 5.96. The zero-order valence-corrected chi connectivity index (χ0v) is 11.6. The van der Waals surface area contributed by atoms with Crippen molar-refractivity contribution in [2.75, 3.05) is 11.9 Å². The first kappa shape index (κ1) is 13.0. The summed E-state index contributed by atoms with van der Waals surface area (Å²) in [6, 6.07) is 2.02. The fourth-order valence-electron chi connectivity index (χ4n) is 1.62. The van der Waals surface area contributed by atoms with E-state index >= 15 is 0 Å². The molecule has 0 aliphatic heterocycles. The molecule has 0 aromatic carbocycles. The van der Waals surface area contributed by atoms with E-state index in [0.717, 1.165) is 16.9 Å². The molecule has 0 saturated carbocycles. The minimum absolute atomic E-state index is 0.298. The first-order chi connectivity index (χ1) is 8.63. The van der Waals surface area contributed by atoms with E-state index in [-0.39, 0.29) is 5.82 Å². The third-order valence-corrected chi connectivity index (χ3v) is 3.64. The number of thiophene rings is 1. The lowest BCUT2D eigenvalue weighted by atomic mass is 10.2. The fraction of sp³-hybridized carbons (Fsp3) is 0.385. The van der Waals surface area contributed by atoms with E-state index < -0.39 is 0 Å². The van der Waals surface area contributed by atoms with Gasteiger partial charge in [0.25, 0.3) is 0 Å². The highest BCUT2D eigenvalue weighted by molar-refractivity contribution is 7.13. The Balaban J connectivity index is 2.44. The molecule has 3 nitrogen and oxygen atoms in total. The minimum atomic E-state index is -0.360. The van der Waals surface area contributed by atoms with E-state index in [1.165, 1.54) is 0 Å². The molecule has 2 heterocycles. The maximum atomic E-state index is 13.9. The molecule has 2 rings (SSSR count). The van der Waals surface area contributed by atoms with Crippen LogP contribution in [0.25, 0.3) is 10.7 Å². The molecule has 0 atom stereocenters. The molecular formula is C13H16FN3S. The topological polar surface area (TPSA) is 37.8 Å². The highest BCUT2D eigenvalue weighted by Gasteiger charge is 2.14. The number of hydrogen-bond donors (Lipinski definition) is 1. The van der Waals surface area contributed by atoms with Crippen LogP contribution in [0.2, 0.25) is 0 Å². The van der Waals surface area contributed by atoms with Gasteiger partial charge in [0.05, 0.1) is 10.6 Å². The molecular weight excluding hydrogens is 249 g/mol. The predicted octanol–water partition coefficient (Wildman–Crippen LogP) is 3.78. The third-order valence-electron chi connectivity index (χ3n) is 2.62. The first-order valence-corrected chi connectivity index (χ1v) is 6.84. The summed E-state index contributed by atoms with van der Waals surface area (Å²) in [5, 5.41) is 5.00. The van der Waals surface area contributed by atoms with E-state index in [0.29, 0.717) is 23.9 Å². The van der Waals surface area contributed by atoms with Gasteiger partial charge in [0.1, 0.15) is 0 Å². The van der Waals surface area contributed by atoms with Gasteiger partial charge in [-0.2, -0.15) is 0 Å². The van der Waals surface area contributed by atoms with Crippen LogP contribution >= 0.6 is 11.3 Å². The van der Waals surface area contributed by atoms with Crippen molar-refractivity contribution in [3.63, 3.8) is 0 Å². The maximum absolute atomic E-state index is 13.9. The normalized spacial score (nSPS) is 10.7. The van der Waals surface area contributed by atoms with Crippen molar-refractivity contribution in [3.8, 4) is 10.7 Å². The molecule has 18 heavy (non-hydrogen) atoms. The Labute approximate surface area is 110 Å². The summed E-state index contributed by atoms with van der Waals surface area (Å²) < 4.78 is 13.9. The minimum Gasteiger partial charge on any atom is -0.368 e. The summed E-state index contributed by atoms with van der Waals surface area (Å²) in [5.74, 6) is 0.536. The third kappa shape index (κ3) is 2.51. The van der Waals surface area contributed by atoms with Gasteiger partial charge in [0.2, 0.25) is 0 Å². The standard InChI is InChI=1S/C13H16FN3S/c1-4-6-15-12-10(14)9(3)16-13(17-12)11-8(2)5-7-18-11/h5,7H,4,6H2,1-3H3,(H,15,16,17). The van der Waals surface area contributed by atoms with Gasteiger partial charge >= 0.3 is 0 Å². The monoisotopic (exact) mass is 265 g/mol. The van der Waals surface area contributed by atoms with Gasteiger partial charge in [-0.3, -0.25) is 0 Å². The zero-order chi connectivity index (χ0) is 13.1. The summed E-state index contributed by atoms with van der Waals surface area (Å²) >= 11 is 1.57. The molecule has 1 N–H and O–H groups in total. The molecule has 0 bridgehead atoms.